The molecule has 0 saturated carbocycles. The molecule has 1 fully saturated rings. The zero-order chi connectivity index (χ0) is 21.9. The van der Waals surface area contributed by atoms with Crippen LogP contribution in [0.3, 0.4) is 0 Å². The smallest absolute Gasteiger partial charge is 0.325 e. The topological polar surface area (TPSA) is 83.3 Å². The van der Waals surface area contributed by atoms with E-state index in [0.29, 0.717) is 6.54 Å². The van der Waals surface area contributed by atoms with Crippen LogP contribution in [-0.4, -0.2) is 50.4 Å². The maximum Gasteiger partial charge on any atom is 0.325 e. The molecule has 0 spiro atoms. The van der Waals surface area contributed by atoms with Crippen LogP contribution in [0, 0.1) is 0 Å². The molecule has 2 aliphatic heterocycles. The standard InChI is InChI=1S/C25H29N5O2/c31-25(32)23(19-5-2-1-3-6-19)29-14-12-22(17-29)30-16-18(15-27-30)8-10-21-11-9-20-7-4-13-26-24(20)28-21/h1-3,5-6,9,11,15-16,22-23H,4,7-8,10,12-14,17H2,(H,26,28)(H,31,32). The highest BCUT2D eigenvalue weighted by molar-refractivity contribution is 5.75. The fraction of sp³-hybridized carbons (Fsp3) is 0.400. The molecule has 0 radical (unpaired) electrons. The van der Waals surface area contributed by atoms with Gasteiger partial charge in [0.1, 0.15) is 11.9 Å². The lowest BCUT2D eigenvalue weighted by Crippen LogP contribution is -2.32. The molecular weight excluding hydrogens is 402 g/mol. The van der Waals surface area contributed by atoms with Crippen molar-refractivity contribution in [3.8, 4) is 0 Å². The number of pyridine rings is 1. The lowest BCUT2D eigenvalue weighted by molar-refractivity contribution is -0.143. The SMILES string of the molecule is O=C(O)C(c1ccccc1)N1CCC(n2cc(CCc3ccc4c(n3)NCCC4)cn2)C1. The molecule has 166 valence electrons. The number of nitrogens with one attached hydrogen (secondary N) is 1. The minimum absolute atomic E-state index is 0.195. The van der Waals surface area contributed by atoms with Crippen LogP contribution in [-0.2, 0) is 24.1 Å². The van der Waals surface area contributed by atoms with Crippen LogP contribution in [0.5, 0.6) is 0 Å². The van der Waals surface area contributed by atoms with Gasteiger partial charge < -0.3 is 10.4 Å². The number of fused-ring (bicyclic) bond motifs is 1. The summed E-state index contributed by atoms with van der Waals surface area (Å²) in [6, 6.07) is 13.4. The van der Waals surface area contributed by atoms with Gasteiger partial charge in [-0.05, 0) is 54.9 Å². The molecule has 2 atom stereocenters. The van der Waals surface area contributed by atoms with Crippen LogP contribution in [0.4, 0.5) is 5.82 Å². The van der Waals surface area contributed by atoms with Crippen LogP contribution in [0.25, 0.3) is 0 Å². The van der Waals surface area contributed by atoms with E-state index in [1.807, 2.05) is 46.1 Å². The predicted octanol–water partition coefficient (Wildman–Crippen LogP) is 3.49. The number of likely N-dealkylation sites (tertiary alicyclic amines) is 1. The van der Waals surface area contributed by atoms with Gasteiger partial charge in [-0.1, -0.05) is 36.4 Å². The van der Waals surface area contributed by atoms with Crippen molar-refractivity contribution < 1.29 is 9.90 Å². The zero-order valence-electron chi connectivity index (χ0n) is 18.2. The Labute approximate surface area is 188 Å². The summed E-state index contributed by atoms with van der Waals surface area (Å²) in [7, 11) is 0. The molecule has 1 saturated heterocycles. The molecular formula is C25H29N5O2. The number of nitrogens with zero attached hydrogens (tertiary/aromatic N) is 4. The molecule has 5 rings (SSSR count). The summed E-state index contributed by atoms with van der Waals surface area (Å²) in [5, 5.41) is 17.8. The average molecular weight is 432 g/mol. The van der Waals surface area contributed by atoms with Crippen LogP contribution in [0.1, 0.15) is 47.3 Å². The number of aromatic nitrogens is 3. The summed E-state index contributed by atoms with van der Waals surface area (Å²) >= 11 is 0. The number of benzene rings is 1. The van der Waals surface area contributed by atoms with E-state index in [0.717, 1.165) is 55.8 Å². The molecule has 0 amide bonds. The number of hydrogen-bond acceptors (Lipinski definition) is 5. The Balaban J connectivity index is 1.21. The van der Waals surface area contributed by atoms with E-state index in [2.05, 4.69) is 28.7 Å². The highest BCUT2D eigenvalue weighted by Crippen LogP contribution is 2.30. The number of carboxylic acids is 1. The summed E-state index contributed by atoms with van der Waals surface area (Å²) in [6.07, 6.45) is 9.00. The molecule has 4 heterocycles. The van der Waals surface area contributed by atoms with Crippen LogP contribution < -0.4 is 5.32 Å². The second-order valence-electron chi connectivity index (χ2n) is 8.76. The molecule has 1 aromatic carbocycles. The van der Waals surface area contributed by atoms with Crippen LogP contribution in [0.2, 0.25) is 0 Å². The van der Waals surface area contributed by atoms with Gasteiger partial charge in [-0.2, -0.15) is 5.10 Å². The fourth-order valence-electron chi connectivity index (χ4n) is 4.85. The van der Waals surface area contributed by atoms with Gasteiger partial charge in [0, 0.05) is 31.5 Å². The van der Waals surface area contributed by atoms with Gasteiger partial charge in [0.2, 0.25) is 0 Å². The van der Waals surface area contributed by atoms with E-state index in [1.165, 1.54) is 17.5 Å². The van der Waals surface area contributed by atoms with Gasteiger partial charge in [0.25, 0.3) is 0 Å². The van der Waals surface area contributed by atoms with E-state index < -0.39 is 12.0 Å². The van der Waals surface area contributed by atoms with Gasteiger partial charge in [0.15, 0.2) is 0 Å². The highest BCUT2D eigenvalue weighted by Gasteiger charge is 2.34. The number of hydrogen-bond donors (Lipinski definition) is 2. The first kappa shape index (κ1) is 20.7. The maximum absolute atomic E-state index is 12.0. The van der Waals surface area contributed by atoms with Gasteiger partial charge in [-0.25, -0.2) is 4.98 Å². The summed E-state index contributed by atoms with van der Waals surface area (Å²) in [6.45, 7) is 2.43. The first-order valence-corrected chi connectivity index (χ1v) is 11.4. The third-order valence-electron chi connectivity index (χ3n) is 6.56. The number of carboxylic acid groups (broad SMARTS) is 1. The molecule has 2 aromatic heterocycles. The largest absolute Gasteiger partial charge is 0.480 e. The highest BCUT2D eigenvalue weighted by atomic mass is 16.4. The Morgan fingerprint density at radius 1 is 1.19 bits per heavy atom. The summed E-state index contributed by atoms with van der Waals surface area (Å²) in [4.78, 5) is 18.8. The molecule has 7 nitrogen and oxygen atoms in total. The third kappa shape index (κ3) is 4.39. The fourth-order valence-corrected chi connectivity index (χ4v) is 4.85. The molecule has 2 aliphatic rings. The van der Waals surface area contributed by atoms with Crippen molar-refractivity contribution >= 4 is 11.8 Å². The molecule has 3 aromatic rings. The van der Waals surface area contributed by atoms with Gasteiger partial charge in [0.05, 0.1) is 12.2 Å². The van der Waals surface area contributed by atoms with Gasteiger partial charge in [-0.3, -0.25) is 14.4 Å². The Hall–Kier alpha value is -3.19. The molecule has 2 unspecified atom stereocenters. The molecule has 32 heavy (non-hydrogen) atoms. The quantitative estimate of drug-likeness (QED) is 0.596. The average Bonchev–Trinajstić information content (AvgIpc) is 3.48. The van der Waals surface area contributed by atoms with Crippen molar-refractivity contribution in [3.05, 3.63) is 77.2 Å². The Morgan fingerprint density at radius 3 is 2.91 bits per heavy atom. The number of aliphatic carboxylic acids is 1. The summed E-state index contributed by atoms with van der Waals surface area (Å²) in [5.74, 6) is 0.243. The molecule has 0 bridgehead atoms. The normalized spacial score (nSPS) is 19.3. The van der Waals surface area contributed by atoms with E-state index in [9.17, 15) is 9.90 Å². The Kier molecular flexibility index (Phi) is 5.90. The Morgan fingerprint density at radius 2 is 2.06 bits per heavy atom. The van der Waals surface area contributed by atoms with Crippen LogP contribution in [0.15, 0.2) is 54.9 Å². The number of rotatable bonds is 7. The monoisotopic (exact) mass is 431 g/mol. The van der Waals surface area contributed by atoms with Crippen molar-refractivity contribution in [2.24, 2.45) is 0 Å². The summed E-state index contributed by atoms with van der Waals surface area (Å²) in [5.41, 5.74) is 4.43. The van der Waals surface area contributed by atoms with E-state index in [-0.39, 0.29) is 6.04 Å². The van der Waals surface area contributed by atoms with Crippen LogP contribution >= 0.6 is 0 Å². The van der Waals surface area contributed by atoms with Crippen molar-refractivity contribution in [2.75, 3.05) is 25.0 Å². The van der Waals surface area contributed by atoms with Gasteiger partial charge >= 0.3 is 5.97 Å². The Bertz CT molecular complexity index is 1080. The second kappa shape index (κ2) is 9.12. The van der Waals surface area contributed by atoms with Crippen molar-refractivity contribution in [1.82, 2.24) is 19.7 Å². The summed E-state index contributed by atoms with van der Waals surface area (Å²) < 4.78 is 2.01. The van der Waals surface area contributed by atoms with E-state index >= 15 is 0 Å². The number of aryl methyl sites for hydroxylation is 3. The van der Waals surface area contributed by atoms with E-state index in [1.54, 1.807) is 0 Å². The lowest BCUT2D eigenvalue weighted by Gasteiger charge is -2.24. The molecule has 2 N–H and O–H groups in total. The van der Waals surface area contributed by atoms with Crippen molar-refractivity contribution in [3.63, 3.8) is 0 Å². The molecule has 7 heteroatoms. The lowest BCUT2D eigenvalue weighted by atomic mass is 10.1. The minimum atomic E-state index is -0.801. The molecule has 0 aliphatic carbocycles. The first-order valence-electron chi connectivity index (χ1n) is 11.4. The second-order valence-corrected chi connectivity index (χ2v) is 8.76. The third-order valence-corrected chi connectivity index (χ3v) is 6.56. The van der Waals surface area contributed by atoms with E-state index in [4.69, 9.17) is 4.98 Å². The number of carbonyl (C=O) groups is 1. The number of anilines is 1. The maximum atomic E-state index is 12.0. The predicted molar refractivity (Wildman–Crippen MR) is 123 cm³/mol. The van der Waals surface area contributed by atoms with Crippen molar-refractivity contribution in [1.29, 1.82) is 0 Å². The minimum Gasteiger partial charge on any atom is -0.480 e. The first-order chi connectivity index (χ1) is 15.7. The zero-order valence-corrected chi connectivity index (χ0v) is 18.2. The van der Waals surface area contributed by atoms with Gasteiger partial charge in [-0.15, -0.1) is 0 Å². The van der Waals surface area contributed by atoms with Crippen molar-refractivity contribution in [2.45, 2.75) is 44.2 Å².